The maximum atomic E-state index is 6.46. The smallest absolute Gasteiger partial charge is 0.0603 e. The Morgan fingerprint density at radius 1 is 0.950 bits per heavy atom. The van der Waals surface area contributed by atoms with Gasteiger partial charge in [-0.2, -0.15) is 0 Å². The molecule has 0 N–H and O–H groups in total. The predicted molar refractivity (Wildman–Crippen MR) is 86.0 cm³/mol. The van der Waals surface area contributed by atoms with E-state index in [1.54, 1.807) is 0 Å². The van der Waals surface area contributed by atoms with Gasteiger partial charge in [0.25, 0.3) is 0 Å². The molecular weight excluding hydrogens is 246 g/mol. The van der Waals surface area contributed by atoms with Crippen molar-refractivity contribution < 1.29 is 4.74 Å². The van der Waals surface area contributed by atoms with Crippen LogP contribution in [0.1, 0.15) is 73.1 Å². The van der Waals surface area contributed by atoms with Gasteiger partial charge in [0.1, 0.15) is 0 Å². The molecule has 0 radical (unpaired) electrons. The topological polar surface area (TPSA) is 12.5 Å². The average molecular weight is 281 g/mol. The van der Waals surface area contributed by atoms with Crippen LogP contribution in [0.25, 0.3) is 0 Å². The summed E-state index contributed by atoms with van der Waals surface area (Å²) in [7, 11) is 0. The number of ether oxygens (including phenoxy) is 1. The molecule has 1 aliphatic heterocycles. The molecule has 0 aromatic rings. The lowest BCUT2D eigenvalue weighted by Gasteiger charge is -2.40. The molecule has 0 bridgehead atoms. The van der Waals surface area contributed by atoms with Crippen molar-refractivity contribution in [3.05, 3.63) is 0 Å². The quantitative estimate of drug-likeness (QED) is 0.756. The molecular formula is C18H35NO. The van der Waals surface area contributed by atoms with Crippen LogP contribution in [0.2, 0.25) is 0 Å². The summed E-state index contributed by atoms with van der Waals surface area (Å²) in [5.41, 5.74) is 0.447. The van der Waals surface area contributed by atoms with Crippen molar-refractivity contribution in [2.75, 3.05) is 13.1 Å². The number of rotatable bonds is 3. The third kappa shape index (κ3) is 4.46. The summed E-state index contributed by atoms with van der Waals surface area (Å²) in [5.74, 6) is 0.844. The largest absolute Gasteiger partial charge is 0.375 e. The second-order valence-electron chi connectivity index (χ2n) is 8.32. The average Bonchev–Trinajstić information content (AvgIpc) is 2.38. The van der Waals surface area contributed by atoms with E-state index in [0.717, 1.165) is 5.92 Å². The van der Waals surface area contributed by atoms with Gasteiger partial charge in [-0.15, -0.1) is 0 Å². The Bertz CT molecular complexity index is 286. The highest BCUT2D eigenvalue weighted by molar-refractivity contribution is 4.83. The highest BCUT2D eigenvalue weighted by Gasteiger charge is 2.32. The van der Waals surface area contributed by atoms with E-state index in [0.29, 0.717) is 23.7 Å². The SMILES string of the molecule is CC(C)N1CCC(OC2CCCC(C(C)(C)C)C2)CC1. The third-order valence-electron chi connectivity index (χ3n) is 5.44. The van der Waals surface area contributed by atoms with Gasteiger partial charge >= 0.3 is 0 Å². The summed E-state index contributed by atoms with van der Waals surface area (Å²) >= 11 is 0. The van der Waals surface area contributed by atoms with E-state index >= 15 is 0 Å². The Hall–Kier alpha value is -0.0800. The first-order valence-corrected chi connectivity index (χ1v) is 8.75. The van der Waals surface area contributed by atoms with Crippen molar-refractivity contribution in [1.82, 2.24) is 4.90 Å². The van der Waals surface area contributed by atoms with Gasteiger partial charge in [-0.25, -0.2) is 0 Å². The summed E-state index contributed by atoms with van der Waals surface area (Å²) in [6.07, 6.45) is 8.85. The molecule has 2 fully saturated rings. The Labute approximate surface area is 126 Å². The van der Waals surface area contributed by atoms with Crippen LogP contribution in [0.4, 0.5) is 0 Å². The minimum atomic E-state index is 0.447. The Morgan fingerprint density at radius 3 is 2.15 bits per heavy atom. The van der Waals surface area contributed by atoms with Crippen molar-refractivity contribution in [3.8, 4) is 0 Å². The van der Waals surface area contributed by atoms with Crippen molar-refractivity contribution >= 4 is 0 Å². The Kier molecular flexibility index (Phi) is 5.53. The number of nitrogens with zero attached hydrogens (tertiary/aromatic N) is 1. The first kappa shape index (κ1) is 16.3. The van der Waals surface area contributed by atoms with Crippen LogP contribution in [0, 0.1) is 11.3 Å². The molecule has 2 heteroatoms. The van der Waals surface area contributed by atoms with E-state index in [2.05, 4.69) is 39.5 Å². The fraction of sp³-hybridized carbons (Fsp3) is 1.00. The monoisotopic (exact) mass is 281 g/mol. The molecule has 20 heavy (non-hydrogen) atoms. The zero-order valence-corrected chi connectivity index (χ0v) is 14.3. The van der Waals surface area contributed by atoms with E-state index in [4.69, 9.17) is 4.74 Å². The molecule has 0 aromatic heterocycles. The van der Waals surface area contributed by atoms with Crippen LogP contribution in [-0.4, -0.2) is 36.2 Å². The molecule has 0 spiro atoms. The molecule has 1 saturated heterocycles. The van der Waals surface area contributed by atoms with E-state index in [-0.39, 0.29) is 0 Å². The second-order valence-corrected chi connectivity index (χ2v) is 8.32. The molecule has 1 heterocycles. The number of hydrogen-bond acceptors (Lipinski definition) is 2. The molecule has 2 aliphatic rings. The molecule has 2 rings (SSSR count). The third-order valence-corrected chi connectivity index (χ3v) is 5.44. The van der Waals surface area contributed by atoms with Crippen LogP contribution in [0.15, 0.2) is 0 Å². The summed E-state index contributed by atoms with van der Waals surface area (Å²) in [6, 6.07) is 0.691. The first-order chi connectivity index (χ1) is 9.36. The maximum Gasteiger partial charge on any atom is 0.0603 e. The van der Waals surface area contributed by atoms with Gasteiger partial charge in [-0.3, -0.25) is 0 Å². The van der Waals surface area contributed by atoms with Gasteiger partial charge in [-0.1, -0.05) is 27.2 Å². The molecule has 0 amide bonds. The number of likely N-dealkylation sites (tertiary alicyclic amines) is 1. The van der Waals surface area contributed by atoms with Gasteiger partial charge < -0.3 is 9.64 Å². The molecule has 2 atom stereocenters. The molecule has 2 unspecified atom stereocenters. The zero-order valence-electron chi connectivity index (χ0n) is 14.3. The highest BCUT2D eigenvalue weighted by atomic mass is 16.5. The normalized spacial score (nSPS) is 30.9. The zero-order chi connectivity index (χ0) is 14.8. The van der Waals surface area contributed by atoms with Crippen LogP contribution in [-0.2, 0) is 4.74 Å². The summed E-state index contributed by atoms with van der Waals surface area (Å²) in [5, 5.41) is 0. The Morgan fingerprint density at radius 2 is 1.60 bits per heavy atom. The van der Waals surface area contributed by atoms with Crippen molar-refractivity contribution in [1.29, 1.82) is 0 Å². The molecule has 118 valence electrons. The lowest BCUT2D eigenvalue weighted by atomic mass is 9.71. The second kappa shape index (κ2) is 6.79. The predicted octanol–water partition coefficient (Wildman–Crippen LogP) is 4.48. The summed E-state index contributed by atoms with van der Waals surface area (Å²) < 4.78 is 6.46. The van der Waals surface area contributed by atoms with Crippen LogP contribution in [0.5, 0.6) is 0 Å². The number of hydrogen-bond donors (Lipinski definition) is 0. The van der Waals surface area contributed by atoms with Gasteiger partial charge in [0.15, 0.2) is 0 Å². The van der Waals surface area contributed by atoms with E-state index in [1.165, 1.54) is 51.6 Å². The minimum absolute atomic E-state index is 0.447. The van der Waals surface area contributed by atoms with Crippen molar-refractivity contribution in [3.63, 3.8) is 0 Å². The standard InChI is InChI=1S/C18H35NO/c1-14(2)19-11-9-16(10-12-19)20-17-8-6-7-15(13-17)18(3,4)5/h14-17H,6-13H2,1-5H3. The molecule has 1 aliphatic carbocycles. The van der Waals surface area contributed by atoms with Gasteiger partial charge in [0.2, 0.25) is 0 Å². The summed E-state index contributed by atoms with van der Waals surface area (Å²) in [4.78, 5) is 2.58. The first-order valence-electron chi connectivity index (χ1n) is 8.75. The maximum absolute atomic E-state index is 6.46. The molecule has 2 nitrogen and oxygen atoms in total. The van der Waals surface area contributed by atoms with E-state index in [1.807, 2.05) is 0 Å². The fourth-order valence-corrected chi connectivity index (χ4v) is 3.86. The van der Waals surface area contributed by atoms with Gasteiger partial charge in [0.05, 0.1) is 12.2 Å². The summed E-state index contributed by atoms with van der Waals surface area (Å²) in [6.45, 7) is 14.2. The molecule has 0 aromatic carbocycles. The van der Waals surface area contributed by atoms with Crippen LogP contribution in [0.3, 0.4) is 0 Å². The Balaban J connectivity index is 1.77. The van der Waals surface area contributed by atoms with E-state index < -0.39 is 0 Å². The lowest BCUT2D eigenvalue weighted by Crippen LogP contribution is -2.42. The van der Waals surface area contributed by atoms with Gasteiger partial charge in [-0.05, 0) is 57.3 Å². The van der Waals surface area contributed by atoms with Crippen molar-refractivity contribution in [2.45, 2.75) is 91.4 Å². The van der Waals surface area contributed by atoms with E-state index in [9.17, 15) is 0 Å². The highest BCUT2D eigenvalue weighted by Crippen LogP contribution is 2.39. The van der Waals surface area contributed by atoms with Crippen molar-refractivity contribution in [2.24, 2.45) is 11.3 Å². The molecule has 1 saturated carbocycles. The minimum Gasteiger partial charge on any atom is -0.375 e. The van der Waals surface area contributed by atoms with Crippen LogP contribution < -0.4 is 0 Å². The fourth-order valence-electron chi connectivity index (χ4n) is 3.86. The van der Waals surface area contributed by atoms with Gasteiger partial charge in [0, 0.05) is 19.1 Å². The lowest BCUT2D eigenvalue weighted by molar-refractivity contribution is -0.0749. The van der Waals surface area contributed by atoms with Crippen LogP contribution >= 0.6 is 0 Å². The number of piperidine rings is 1.